The fourth-order valence-electron chi connectivity index (χ4n) is 4.54. The van der Waals surface area contributed by atoms with Crippen LogP contribution in [0.3, 0.4) is 0 Å². The smallest absolute Gasteiger partial charge is 0.416 e. The predicted molar refractivity (Wildman–Crippen MR) is 106 cm³/mol. The van der Waals surface area contributed by atoms with Crippen LogP contribution in [0, 0.1) is 11.3 Å². The third kappa shape index (κ3) is 5.62. The van der Waals surface area contributed by atoms with Gasteiger partial charge in [0, 0.05) is 6.54 Å². The molecule has 0 radical (unpaired) electrons. The summed E-state index contributed by atoms with van der Waals surface area (Å²) < 4.78 is 44.6. The van der Waals surface area contributed by atoms with Crippen LogP contribution in [0.4, 0.5) is 13.2 Å². The molecule has 0 aromatic heterocycles. The number of rotatable bonds is 6. The van der Waals surface area contributed by atoms with E-state index in [1.807, 2.05) is 0 Å². The second-order valence-corrected chi connectivity index (χ2v) is 8.33. The number of ether oxygens (including phenoxy) is 1. The number of hydrogen-bond acceptors (Lipinski definition) is 3. The molecule has 1 fully saturated rings. The fourth-order valence-corrected chi connectivity index (χ4v) is 4.54. The molecular formula is C23H30F3NO2. The van der Waals surface area contributed by atoms with E-state index in [1.54, 1.807) is 13.0 Å². The van der Waals surface area contributed by atoms with Gasteiger partial charge in [-0.2, -0.15) is 13.2 Å². The summed E-state index contributed by atoms with van der Waals surface area (Å²) in [5.74, 6) is 0.372. The van der Waals surface area contributed by atoms with Gasteiger partial charge in [0.1, 0.15) is 0 Å². The minimum absolute atomic E-state index is 0.279. The van der Waals surface area contributed by atoms with Crippen LogP contribution in [0.1, 0.15) is 50.2 Å². The molecule has 0 bridgehead atoms. The van der Waals surface area contributed by atoms with Gasteiger partial charge in [0.2, 0.25) is 0 Å². The van der Waals surface area contributed by atoms with Crippen molar-refractivity contribution in [3.8, 4) is 0 Å². The van der Waals surface area contributed by atoms with Crippen molar-refractivity contribution in [2.24, 2.45) is 11.3 Å². The number of likely N-dealkylation sites (tertiary alicyclic amines) is 1. The molecule has 1 saturated heterocycles. The lowest BCUT2D eigenvalue weighted by molar-refractivity contribution is -0.158. The molecule has 0 spiro atoms. The Morgan fingerprint density at radius 3 is 2.62 bits per heavy atom. The maximum Gasteiger partial charge on any atom is 0.416 e. The molecule has 1 aliphatic heterocycles. The molecule has 0 saturated carbocycles. The van der Waals surface area contributed by atoms with Crippen molar-refractivity contribution in [1.82, 2.24) is 4.90 Å². The monoisotopic (exact) mass is 409 g/mol. The summed E-state index contributed by atoms with van der Waals surface area (Å²) in [5.41, 5.74) is -0.876. The van der Waals surface area contributed by atoms with Crippen LogP contribution in [0.25, 0.3) is 0 Å². The van der Waals surface area contributed by atoms with Crippen molar-refractivity contribution in [2.45, 2.75) is 51.6 Å². The molecule has 1 aliphatic carbocycles. The summed E-state index contributed by atoms with van der Waals surface area (Å²) in [7, 11) is 0. The lowest BCUT2D eigenvalue weighted by Gasteiger charge is -2.41. The Hall–Kier alpha value is -1.82. The van der Waals surface area contributed by atoms with Crippen LogP contribution in [-0.2, 0) is 22.1 Å². The highest BCUT2D eigenvalue weighted by Gasteiger charge is 2.43. The summed E-state index contributed by atoms with van der Waals surface area (Å²) in [6.07, 6.45) is 5.03. The second kappa shape index (κ2) is 9.33. The lowest BCUT2D eigenvalue weighted by Crippen LogP contribution is -2.47. The van der Waals surface area contributed by atoms with E-state index in [0.717, 1.165) is 38.5 Å². The SMILES string of the molecule is CCOC(=O)C1(Cc2cccc(C(F)(F)F)c2)CCN(C[C@@H]2CC=CCC2)CC1. The van der Waals surface area contributed by atoms with Crippen LogP contribution in [0.15, 0.2) is 36.4 Å². The van der Waals surface area contributed by atoms with Crippen molar-refractivity contribution >= 4 is 5.97 Å². The number of alkyl halides is 3. The van der Waals surface area contributed by atoms with E-state index in [4.69, 9.17) is 4.74 Å². The number of esters is 1. The molecule has 3 nitrogen and oxygen atoms in total. The summed E-state index contributed by atoms with van der Waals surface area (Å²) in [5, 5.41) is 0. The van der Waals surface area contributed by atoms with Gasteiger partial charge in [-0.15, -0.1) is 0 Å². The minimum atomic E-state index is -4.38. The van der Waals surface area contributed by atoms with Crippen molar-refractivity contribution < 1.29 is 22.7 Å². The number of piperidine rings is 1. The van der Waals surface area contributed by atoms with Gasteiger partial charge in [0.15, 0.2) is 0 Å². The van der Waals surface area contributed by atoms with Crippen molar-refractivity contribution in [1.29, 1.82) is 0 Å². The quantitative estimate of drug-likeness (QED) is 0.475. The zero-order valence-electron chi connectivity index (χ0n) is 17.0. The van der Waals surface area contributed by atoms with Crippen LogP contribution in [-0.4, -0.2) is 37.1 Å². The molecule has 1 heterocycles. The Bertz CT molecular complexity index is 721. The molecule has 1 aromatic rings. The van der Waals surface area contributed by atoms with Gasteiger partial charge < -0.3 is 9.64 Å². The van der Waals surface area contributed by atoms with E-state index in [2.05, 4.69) is 17.1 Å². The number of benzene rings is 1. The average Bonchev–Trinajstić information content (AvgIpc) is 2.70. The standard InChI is InChI=1S/C23H30F3NO2/c1-2-29-21(28)22(16-19-9-6-10-20(15-19)23(24,25)26)11-13-27(14-12-22)17-18-7-4-3-5-8-18/h3-4,6,9-10,15,18H,2,5,7-8,11-14,16-17H2,1H3/t18-/m1/s1. The lowest BCUT2D eigenvalue weighted by atomic mass is 9.73. The van der Waals surface area contributed by atoms with Gasteiger partial charge in [0.05, 0.1) is 17.6 Å². The molecule has 160 valence electrons. The van der Waals surface area contributed by atoms with E-state index < -0.39 is 17.2 Å². The molecule has 2 aliphatic rings. The number of carbonyl (C=O) groups is 1. The number of allylic oxidation sites excluding steroid dienone is 2. The zero-order chi connectivity index (χ0) is 20.9. The highest BCUT2D eigenvalue weighted by Crippen LogP contribution is 2.38. The maximum absolute atomic E-state index is 13.1. The van der Waals surface area contributed by atoms with E-state index in [9.17, 15) is 18.0 Å². The minimum Gasteiger partial charge on any atom is -0.466 e. The third-order valence-corrected chi connectivity index (χ3v) is 6.21. The fraction of sp³-hybridized carbons (Fsp3) is 0.609. The summed E-state index contributed by atoms with van der Waals surface area (Å²) >= 11 is 0. The summed E-state index contributed by atoms with van der Waals surface area (Å²) in [4.78, 5) is 15.2. The summed E-state index contributed by atoms with van der Waals surface area (Å²) in [6, 6.07) is 5.34. The van der Waals surface area contributed by atoms with Gasteiger partial charge >= 0.3 is 12.1 Å². The normalized spacial score (nSPS) is 22.4. The van der Waals surface area contributed by atoms with Gasteiger partial charge in [-0.1, -0.05) is 30.4 Å². The summed E-state index contributed by atoms with van der Waals surface area (Å²) in [6.45, 7) is 4.62. The largest absolute Gasteiger partial charge is 0.466 e. The average molecular weight is 409 g/mol. The molecule has 3 rings (SSSR count). The Morgan fingerprint density at radius 1 is 1.24 bits per heavy atom. The number of hydrogen-bond donors (Lipinski definition) is 0. The highest BCUT2D eigenvalue weighted by atomic mass is 19.4. The molecule has 0 unspecified atom stereocenters. The molecule has 0 N–H and O–H groups in total. The van der Waals surface area contributed by atoms with Crippen LogP contribution in [0.2, 0.25) is 0 Å². The first-order valence-corrected chi connectivity index (χ1v) is 10.5. The van der Waals surface area contributed by atoms with E-state index in [0.29, 0.717) is 24.3 Å². The van der Waals surface area contributed by atoms with Gasteiger partial charge in [-0.25, -0.2) is 0 Å². The first-order valence-electron chi connectivity index (χ1n) is 10.5. The van der Waals surface area contributed by atoms with Crippen molar-refractivity contribution in [3.05, 3.63) is 47.5 Å². The number of halogens is 3. The molecule has 1 atom stereocenters. The first-order chi connectivity index (χ1) is 13.8. The number of nitrogens with zero attached hydrogens (tertiary/aromatic N) is 1. The number of carbonyl (C=O) groups excluding carboxylic acids is 1. The Morgan fingerprint density at radius 2 is 2.00 bits per heavy atom. The van der Waals surface area contributed by atoms with Crippen LogP contribution >= 0.6 is 0 Å². The molecule has 1 aromatic carbocycles. The Balaban J connectivity index is 1.71. The highest BCUT2D eigenvalue weighted by molar-refractivity contribution is 5.77. The first kappa shape index (κ1) is 21.9. The van der Waals surface area contributed by atoms with E-state index >= 15 is 0 Å². The van der Waals surface area contributed by atoms with Gasteiger partial charge in [0.25, 0.3) is 0 Å². The maximum atomic E-state index is 13.1. The van der Waals surface area contributed by atoms with Gasteiger partial charge in [-0.3, -0.25) is 4.79 Å². The molecular weight excluding hydrogens is 379 g/mol. The molecule has 0 amide bonds. The van der Waals surface area contributed by atoms with Crippen LogP contribution in [0.5, 0.6) is 0 Å². The van der Waals surface area contributed by atoms with E-state index in [-0.39, 0.29) is 19.0 Å². The topological polar surface area (TPSA) is 29.5 Å². The second-order valence-electron chi connectivity index (χ2n) is 8.33. The molecule has 6 heteroatoms. The van der Waals surface area contributed by atoms with E-state index in [1.165, 1.54) is 18.6 Å². The third-order valence-electron chi connectivity index (χ3n) is 6.21. The van der Waals surface area contributed by atoms with Crippen molar-refractivity contribution in [3.63, 3.8) is 0 Å². The van der Waals surface area contributed by atoms with Crippen LogP contribution < -0.4 is 0 Å². The van der Waals surface area contributed by atoms with Gasteiger partial charge in [-0.05, 0) is 76.1 Å². The van der Waals surface area contributed by atoms with Crippen molar-refractivity contribution in [2.75, 3.05) is 26.2 Å². The Labute approximate surface area is 170 Å². The Kier molecular flexibility index (Phi) is 7.04. The zero-order valence-corrected chi connectivity index (χ0v) is 17.0. The predicted octanol–water partition coefficient (Wildman–Crippen LogP) is 5.25. The molecule has 29 heavy (non-hydrogen) atoms.